The zero-order valence-corrected chi connectivity index (χ0v) is 11.1. The van der Waals surface area contributed by atoms with Crippen LogP contribution in [0.15, 0.2) is 6.07 Å². The molecule has 2 N–H and O–H groups in total. The Hall–Kier alpha value is -1.02. The molecule has 0 fully saturated rings. The molecule has 0 aliphatic rings. The summed E-state index contributed by atoms with van der Waals surface area (Å²) in [5.41, 5.74) is 10.8. The molecule has 90 valence electrons. The van der Waals surface area contributed by atoms with Gasteiger partial charge in [0.15, 0.2) is 0 Å². The fourth-order valence-electron chi connectivity index (χ4n) is 2.32. The molecule has 0 aliphatic heterocycles. The van der Waals surface area contributed by atoms with Crippen LogP contribution < -0.4 is 10.5 Å². The molecular weight excluding hydrogens is 198 g/mol. The highest BCUT2D eigenvalue weighted by Gasteiger charge is 2.14. The third kappa shape index (κ3) is 2.38. The van der Waals surface area contributed by atoms with Gasteiger partial charge in [-0.1, -0.05) is 13.0 Å². The maximum absolute atomic E-state index is 5.62. The maximum Gasteiger partial charge on any atom is 0.124 e. The van der Waals surface area contributed by atoms with Crippen molar-refractivity contribution in [2.75, 3.05) is 13.7 Å². The van der Waals surface area contributed by atoms with Crippen molar-refractivity contribution in [1.29, 1.82) is 0 Å². The molecule has 0 saturated heterocycles. The van der Waals surface area contributed by atoms with Gasteiger partial charge in [0.25, 0.3) is 0 Å². The van der Waals surface area contributed by atoms with Gasteiger partial charge in [0.1, 0.15) is 5.75 Å². The summed E-state index contributed by atoms with van der Waals surface area (Å²) in [5.74, 6) is 1.54. The van der Waals surface area contributed by atoms with E-state index in [0.717, 1.165) is 18.7 Å². The summed E-state index contributed by atoms with van der Waals surface area (Å²) in [5, 5.41) is 0. The average Bonchev–Trinajstić information content (AvgIpc) is 2.24. The highest BCUT2D eigenvalue weighted by molar-refractivity contribution is 5.49. The highest BCUT2D eigenvalue weighted by atomic mass is 16.5. The van der Waals surface area contributed by atoms with Crippen LogP contribution in [0.5, 0.6) is 5.75 Å². The summed E-state index contributed by atoms with van der Waals surface area (Å²) in [4.78, 5) is 0. The van der Waals surface area contributed by atoms with Crippen LogP contribution in [0.25, 0.3) is 0 Å². The van der Waals surface area contributed by atoms with Crippen molar-refractivity contribution in [2.24, 2.45) is 5.73 Å². The van der Waals surface area contributed by atoms with E-state index in [1.165, 1.54) is 22.3 Å². The van der Waals surface area contributed by atoms with Gasteiger partial charge in [-0.3, -0.25) is 0 Å². The Morgan fingerprint density at radius 1 is 1.25 bits per heavy atom. The maximum atomic E-state index is 5.62. The number of benzene rings is 1. The summed E-state index contributed by atoms with van der Waals surface area (Å²) in [6.45, 7) is 9.37. The molecule has 0 bridgehead atoms. The second kappa shape index (κ2) is 5.35. The molecule has 0 heterocycles. The molecule has 1 rings (SSSR count). The van der Waals surface area contributed by atoms with Gasteiger partial charge in [-0.2, -0.15) is 0 Å². The van der Waals surface area contributed by atoms with E-state index >= 15 is 0 Å². The van der Waals surface area contributed by atoms with Crippen LogP contribution in [0.4, 0.5) is 0 Å². The quantitative estimate of drug-likeness (QED) is 0.848. The van der Waals surface area contributed by atoms with Gasteiger partial charge in [-0.05, 0) is 61.9 Å². The fraction of sp³-hybridized carbons (Fsp3) is 0.571. The lowest BCUT2D eigenvalue weighted by molar-refractivity contribution is 0.407. The van der Waals surface area contributed by atoms with E-state index in [-0.39, 0.29) is 0 Å². The van der Waals surface area contributed by atoms with Crippen molar-refractivity contribution in [2.45, 2.75) is 40.0 Å². The minimum absolute atomic E-state index is 0.522. The second-order valence-electron chi connectivity index (χ2n) is 4.54. The van der Waals surface area contributed by atoms with Crippen LogP contribution in [0, 0.1) is 20.8 Å². The Balaban J connectivity index is 3.22. The second-order valence-corrected chi connectivity index (χ2v) is 4.54. The van der Waals surface area contributed by atoms with Crippen LogP contribution in [0.2, 0.25) is 0 Å². The van der Waals surface area contributed by atoms with Crippen molar-refractivity contribution in [3.8, 4) is 5.75 Å². The first-order valence-corrected chi connectivity index (χ1v) is 5.87. The number of ether oxygens (including phenoxy) is 1. The first kappa shape index (κ1) is 13.0. The average molecular weight is 221 g/mol. The molecule has 0 aromatic heterocycles. The number of aryl methyl sites for hydroxylation is 1. The zero-order valence-electron chi connectivity index (χ0n) is 11.1. The van der Waals surface area contributed by atoms with Gasteiger partial charge in [0, 0.05) is 0 Å². The minimum atomic E-state index is 0.522. The normalized spacial score (nSPS) is 12.6. The lowest BCUT2D eigenvalue weighted by atomic mass is 9.89. The van der Waals surface area contributed by atoms with E-state index in [1.54, 1.807) is 7.11 Å². The Morgan fingerprint density at radius 3 is 2.38 bits per heavy atom. The van der Waals surface area contributed by atoms with Crippen molar-refractivity contribution >= 4 is 0 Å². The fourth-order valence-corrected chi connectivity index (χ4v) is 2.32. The van der Waals surface area contributed by atoms with Crippen molar-refractivity contribution in [3.05, 3.63) is 28.3 Å². The summed E-state index contributed by atoms with van der Waals surface area (Å²) >= 11 is 0. The van der Waals surface area contributed by atoms with Crippen molar-refractivity contribution in [1.82, 2.24) is 0 Å². The lowest BCUT2D eigenvalue weighted by Crippen LogP contribution is -2.07. The number of hydrogen-bond acceptors (Lipinski definition) is 2. The molecule has 1 atom stereocenters. The molecule has 1 aromatic rings. The van der Waals surface area contributed by atoms with Crippen LogP contribution in [0.3, 0.4) is 0 Å². The molecule has 16 heavy (non-hydrogen) atoms. The summed E-state index contributed by atoms with van der Waals surface area (Å²) in [6.07, 6.45) is 1.03. The molecule has 0 spiro atoms. The largest absolute Gasteiger partial charge is 0.496 e. The van der Waals surface area contributed by atoms with Gasteiger partial charge >= 0.3 is 0 Å². The van der Waals surface area contributed by atoms with Gasteiger partial charge in [-0.15, -0.1) is 0 Å². The van der Waals surface area contributed by atoms with E-state index in [0.29, 0.717) is 5.92 Å². The van der Waals surface area contributed by atoms with Crippen LogP contribution in [-0.2, 0) is 0 Å². The predicted molar refractivity (Wildman–Crippen MR) is 69.3 cm³/mol. The smallest absolute Gasteiger partial charge is 0.124 e. The van der Waals surface area contributed by atoms with E-state index in [1.807, 2.05) is 0 Å². The Bertz CT molecular complexity index is 371. The summed E-state index contributed by atoms with van der Waals surface area (Å²) in [7, 11) is 1.73. The van der Waals surface area contributed by atoms with Gasteiger partial charge in [-0.25, -0.2) is 0 Å². The minimum Gasteiger partial charge on any atom is -0.496 e. The number of methoxy groups -OCH3 is 1. The molecular formula is C14H23NO. The van der Waals surface area contributed by atoms with Gasteiger partial charge < -0.3 is 10.5 Å². The number of hydrogen-bond donors (Lipinski definition) is 1. The van der Waals surface area contributed by atoms with E-state index < -0.39 is 0 Å². The van der Waals surface area contributed by atoms with E-state index in [9.17, 15) is 0 Å². The Kier molecular flexibility index (Phi) is 4.36. The van der Waals surface area contributed by atoms with Gasteiger partial charge in [0.2, 0.25) is 0 Å². The first-order valence-electron chi connectivity index (χ1n) is 5.87. The monoisotopic (exact) mass is 221 g/mol. The standard InChI is InChI=1S/C14H23NO/c1-9(6-7-15)13-8-10(2)14(16-5)12(4)11(13)3/h8-9H,6-7,15H2,1-5H3. The molecule has 0 amide bonds. The first-order chi connectivity index (χ1) is 7.52. The Morgan fingerprint density at radius 2 is 1.88 bits per heavy atom. The predicted octanol–water partition coefficient (Wildman–Crippen LogP) is 3.07. The third-order valence-corrected chi connectivity index (χ3v) is 3.40. The van der Waals surface area contributed by atoms with E-state index in [2.05, 4.69) is 33.8 Å². The molecule has 2 heteroatoms. The van der Waals surface area contributed by atoms with Crippen molar-refractivity contribution < 1.29 is 4.74 Å². The van der Waals surface area contributed by atoms with Crippen LogP contribution >= 0.6 is 0 Å². The lowest BCUT2D eigenvalue weighted by Gasteiger charge is -2.19. The Labute approximate surface area is 98.8 Å². The van der Waals surface area contributed by atoms with Gasteiger partial charge in [0.05, 0.1) is 7.11 Å². The summed E-state index contributed by atoms with van der Waals surface area (Å²) < 4.78 is 5.43. The molecule has 1 aromatic carbocycles. The topological polar surface area (TPSA) is 35.2 Å². The SMILES string of the molecule is COc1c(C)cc(C(C)CCN)c(C)c1C. The summed E-state index contributed by atoms with van der Waals surface area (Å²) in [6, 6.07) is 2.24. The van der Waals surface area contributed by atoms with Crippen molar-refractivity contribution in [3.63, 3.8) is 0 Å². The molecule has 0 radical (unpaired) electrons. The van der Waals surface area contributed by atoms with Crippen LogP contribution in [-0.4, -0.2) is 13.7 Å². The van der Waals surface area contributed by atoms with Crippen LogP contribution in [0.1, 0.15) is 41.5 Å². The highest BCUT2D eigenvalue weighted by Crippen LogP contribution is 2.32. The van der Waals surface area contributed by atoms with E-state index in [4.69, 9.17) is 10.5 Å². The molecule has 2 nitrogen and oxygen atoms in total. The molecule has 1 unspecified atom stereocenters. The number of nitrogens with two attached hydrogens (primary N) is 1. The third-order valence-electron chi connectivity index (χ3n) is 3.40. The molecule has 0 saturated carbocycles. The zero-order chi connectivity index (χ0) is 12.3. The number of rotatable bonds is 4. The molecule has 0 aliphatic carbocycles.